The molecule has 0 fully saturated rings. The van der Waals surface area contributed by atoms with Crippen LogP contribution < -0.4 is 0 Å². The average molecular weight is 194 g/mol. The first-order valence-corrected chi connectivity index (χ1v) is 4.73. The summed E-state index contributed by atoms with van der Waals surface area (Å²) >= 11 is 6.77. The van der Waals surface area contributed by atoms with E-state index in [-0.39, 0.29) is 0 Å². The molecule has 0 radical (unpaired) electrons. The minimum absolute atomic E-state index is 0.743. The van der Waals surface area contributed by atoms with E-state index in [1.165, 1.54) is 0 Å². The van der Waals surface area contributed by atoms with Crippen LogP contribution in [-0.4, -0.2) is 9.97 Å². The highest BCUT2D eigenvalue weighted by Crippen LogP contribution is 2.23. The first kappa shape index (κ1) is 7.64. The fraction of sp³-hybridized carbons (Fsp3) is 0. The van der Waals surface area contributed by atoms with Gasteiger partial charge in [0.15, 0.2) is 0 Å². The van der Waals surface area contributed by atoms with E-state index in [0.29, 0.717) is 0 Å². The molecular weight excluding hydrogens is 188 g/mol. The minimum atomic E-state index is 0.743. The van der Waals surface area contributed by atoms with Crippen molar-refractivity contribution in [1.82, 2.24) is 9.97 Å². The predicted octanol–water partition coefficient (Wildman–Crippen LogP) is 2.87. The van der Waals surface area contributed by atoms with Gasteiger partial charge in [0.1, 0.15) is 4.64 Å². The van der Waals surface area contributed by atoms with Crippen LogP contribution in [0.2, 0.25) is 0 Å². The number of H-pyrrole nitrogens is 1. The summed E-state index contributed by atoms with van der Waals surface area (Å²) in [5.41, 5.74) is 1.00. The summed E-state index contributed by atoms with van der Waals surface area (Å²) in [5.74, 6) is 0. The van der Waals surface area contributed by atoms with E-state index in [1.807, 2.05) is 17.5 Å². The number of aromatic nitrogens is 2. The molecule has 0 spiro atoms. The fourth-order valence-corrected chi connectivity index (χ4v) is 1.97. The summed E-state index contributed by atoms with van der Waals surface area (Å²) in [6, 6.07) is 4.03. The lowest BCUT2D eigenvalue weighted by Crippen LogP contribution is -1.81. The van der Waals surface area contributed by atoms with Gasteiger partial charge in [-0.2, -0.15) is 0 Å². The van der Waals surface area contributed by atoms with Crippen LogP contribution in [-0.2, 0) is 0 Å². The molecule has 4 heteroatoms. The standard InChI is InChI=1S/C8H6N2S2/c11-8-6(4-9-5-10-8)7-2-1-3-12-7/h1-5H,(H,9,10,11). The molecule has 1 N–H and O–H groups in total. The van der Waals surface area contributed by atoms with Crippen LogP contribution in [0.4, 0.5) is 0 Å². The van der Waals surface area contributed by atoms with Crippen LogP contribution in [0.3, 0.4) is 0 Å². The minimum Gasteiger partial charge on any atom is -0.337 e. The number of nitrogens with one attached hydrogen (secondary N) is 1. The molecule has 12 heavy (non-hydrogen) atoms. The summed E-state index contributed by atoms with van der Waals surface area (Å²) in [4.78, 5) is 8.04. The van der Waals surface area contributed by atoms with Crippen molar-refractivity contribution in [2.45, 2.75) is 0 Å². The fourth-order valence-electron chi connectivity index (χ4n) is 0.951. The smallest absolute Gasteiger partial charge is 0.114 e. The molecule has 0 aliphatic rings. The van der Waals surface area contributed by atoms with Crippen molar-refractivity contribution in [3.8, 4) is 10.4 Å². The molecule has 0 saturated heterocycles. The molecule has 2 aromatic heterocycles. The first-order chi connectivity index (χ1) is 5.88. The number of nitrogens with zero attached hydrogens (tertiary/aromatic N) is 1. The van der Waals surface area contributed by atoms with Gasteiger partial charge in [0.2, 0.25) is 0 Å². The van der Waals surface area contributed by atoms with Gasteiger partial charge in [-0.25, -0.2) is 4.98 Å². The van der Waals surface area contributed by atoms with E-state index in [4.69, 9.17) is 12.2 Å². The number of hydrogen-bond acceptors (Lipinski definition) is 3. The van der Waals surface area contributed by atoms with Gasteiger partial charge in [0.05, 0.1) is 6.33 Å². The number of aromatic amines is 1. The highest BCUT2D eigenvalue weighted by Gasteiger charge is 1.99. The molecule has 2 aromatic rings. The Bertz CT molecular complexity index is 417. The Kier molecular flexibility index (Phi) is 2.01. The summed E-state index contributed by atoms with van der Waals surface area (Å²) in [6.07, 6.45) is 3.38. The molecule has 0 aromatic carbocycles. The van der Waals surface area contributed by atoms with Crippen LogP contribution in [0, 0.1) is 4.64 Å². The maximum atomic E-state index is 5.11. The van der Waals surface area contributed by atoms with E-state index in [0.717, 1.165) is 15.1 Å². The van der Waals surface area contributed by atoms with E-state index < -0.39 is 0 Å². The Morgan fingerprint density at radius 1 is 1.50 bits per heavy atom. The molecule has 0 bridgehead atoms. The molecule has 0 aliphatic heterocycles. The van der Waals surface area contributed by atoms with Crippen LogP contribution in [0.5, 0.6) is 0 Å². The van der Waals surface area contributed by atoms with Crippen molar-refractivity contribution in [2.24, 2.45) is 0 Å². The van der Waals surface area contributed by atoms with Crippen molar-refractivity contribution in [2.75, 3.05) is 0 Å². The topological polar surface area (TPSA) is 28.7 Å². The van der Waals surface area contributed by atoms with Gasteiger partial charge < -0.3 is 4.98 Å². The summed E-state index contributed by atoms with van der Waals surface area (Å²) in [7, 11) is 0. The van der Waals surface area contributed by atoms with Crippen molar-refractivity contribution in [1.29, 1.82) is 0 Å². The normalized spacial score (nSPS) is 10.0. The lowest BCUT2D eigenvalue weighted by molar-refractivity contribution is 1.16. The van der Waals surface area contributed by atoms with Gasteiger partial charge in [-0.3, -0.25) is 0 Å². The third-order valence-corrected chi connectivity index (χ3v) is 2.75. The van der Waals surface area contributed by atoms with Crippen LogP contribution in [0.1, 0.15) is 0 Å². The first-order valence-electron chi connectivity index (χ1n) is 3.44. The zero-order valence-electron chi connectivity index (χ0n) is 6.15. The third kappa shape index (κ3) is 1.31. The Balaban J connectivity index is 2.63. The molecule has 0 aliphatic carbocycles. The largest absolute Gasteiger partial charge is 0.337 e. The van der Waals surface area contributed by atoms with E-state index in [1.54, 1.807) is 23.9 Å². The van der Waals surface area contributed by atoms with Gasteiger partial charge in [-0.05, 0) is 11.4 Å². The lowest BCUT2D eigenvalue weighted by atomic mass is 10.3. The molecule has 2 heterocycles. The molecule has 60 valence electrons. The van der Waals surface area contributed by atoms with Crippen molar-refractivity contribution >= 4 is 23.6 Å². The molecule has 0 saturated carbocycles. The summed E-state index contributed by atoms with van der Waals surface area (Å²) in [6.45, 7) is 0. The quantitative estimate of drug-likeness (QED) is 0.707. The highest BCUT2D eigenvalue weighted by atomic mass is 32.1. The monoisotopic (exact) mass is 194 g/mol. The zero-order valence-corrected chi connectivity index (χ0v) is 7.78. The third-order valence-electron chi connectivity index (χ3n) is 1.51. The molecule has 0 atom stereocenters. The maximum absolute atomic E-state index is 5.11. The Labute approximate surface area is 78.9 Å². The van der Waals surface area contributed by atoms with E-state index in [2.05, 4.69) is 9.97 Å². The molecule has 0 unspecified atom stereocenters. The van der Waals surface area contributed by atoms with Gasteiger partial charge in [-0.1, -0.05) is 18.3 Å². The highest BCUT2D eigenvalue weighted by molar-refractivity contribution is 7.71. The Hall–Kier alpha value is -1.00. The number of rotatable bonds is 1. The zero-order chi connectivity index (χ0) is 8.39. The lowest BCUT2D eigenvalue weighted by Gasteiger charge is -1.94. The van der Waals surface area contributed by atoms with E-state index in [9.17, 15) is 0 Å². The van der Waals surface area contributed by atoms with Gasteiger partial charge >= 0.3 is 0 Å². The van der Waals surface area contributed by atoms with Crippen LogP contribution in [0.15, 0.2) is 30.0 Å². The number of thiophene rings is 1. The number of hydrogen-bond donors (Lipinski definition) is 1. The van der Waals surface area contributed by atoms with Gasteiger partial charge in [0, 0.05) is 16.6 Å². The SMILES string of the molecule is S=c1[nH]cncc1-c1cccs1. The van der Waals surface area contributed by atoms with Crippen molar-refractivity contribution in [3.05, 3.63) is 34.7 Å². The van der Waals surface area contributed by atoms with Crippen LogP contribution >= 0.6 is 23.6 Å². The molecule has 2 nitrogen and oxygen atoms in total. The molecule has 2 rings (SSSR count). The predicted molar refractivity (Wildman–Crippen MR) is 52.7 cm³/mol. The molecule has 0 amide bonds. The van der Waals surface area contributed by atoms with Crippen molar-refractivity contribution in [3.63, 3.8) is 0 Å². The second kappa shape index (κ2) is 3.16. The van der Waals surface area contributed by atoms with Gasteiger partial charge in [0.25, 0.3) is 0 Å². The maximum Gasteiger partial charge on any atom is 0.114 e. The van der Waals surface area contributed by atoms with E-state index >= 15 is 0 Å². The second-order valence-electron chi connectivity index (χ2n) is 2.27. The Morgan fingerprint density at radius 3 is 3.08 bits per heavy atom. The average Bonchev–Trinajstić information content (AvgIpc) is 2.57. The Morgan fingerprint density at radius 2 is 2.42 bits per heavy atom. The summed E-state index contributed by atoms with van der Waals surface area (Å²) < 4.78 is 0.743. The summed E-state index contributed by atoms with van der Waals surface area (Å²) in [5, 5.41) is 2.02. The van der Waals surface area contributed by atoms with Crippen LogP contribution in [0.25, 0.3) is 10.4 Å². The molecular formula is C8H6N2S2. The second-order valence-corrected chi connectivity index (χ2v) is 3.63. The van der Waals surface area contributed by atoms with Gasteiger partial charge in [-0.15, -0.1) is 11.3 Å². The van der Waals surface area contributed by atoms with Crippen molar-refractivity contribution < 1.29 is 0 Å².